The van der Waals surface area contributed by atoms with E-state index >= 15 is 0 Å². The molecule has 0 aliphatic carbocycles. The zero-order valence-electron chi connectivity index (χ0n) is 23.2. The Morgan fingerprint density at radius 3 is 2.55 bits per heavy atom. The zero-order chi connectivity index (χ0) is 29.5. The number of halogens is 2. The Labute approximate surface area is 256 Å². The zero-order valence-corrected chi connectivity index (χ0v) is 25.5. The topological polar surface area (TPSA) is 65.6 Å². The Morgan fingerprint density at radius 2 is 1.81 bits per heavy atom. The van der Waals surface area contributed by atoms with E-state index in [1.807, 2.05) is 79.0 Å². The molecule has 42 heavy (non-hydrogen) atoms. The van der Waals surface area contributed by atoms with E-state index in [0.717, 1.165) is 27.6 Å². The predicted molar refractivity (Wildman–Crippen MR) is 169 cm³/mol. The summed E-state index contributed by atoms with van der Waals surface area (Å²) in [6, 6.07) is 22.4. The lowest BCUT2D eigenvalue weighted by Crippen LogP contribution is -2.40. The van der Waals surface area contributed by atoms with Gasteiger partial charge in [-0.3, -0.25) is 9.36 Å². The third kappa shape index (κ3) is 5.24. The van der Waals surface area contributed by atoms with E-state index in [2.05, 4.69) is 4.57 Å². The van der Waals surface area contributed by atoms with E-state index < -0.39 is 12.0 Å². The van der Waals surface area contributed by atoms with Gasteiger partial charge >= 0.3 is 5.97 Å². The fourth-order valence-electron chi connectivity index (χ4n) is 5.31. The molecule has 212 valence electrons. The van der Waals surface area contributed by atoms with E-state index in [9.17, 15) is 9.59 Å². The molecular weight excluding hydrogens is 589 g/mol. The van der Waals surface area contributed by atoms with Crippen molar-refractivity contribution in [2.24, 2.45) is 4.99 Å². The van der Waals surface area contributed by atoms with Crippen molar-refractivity contribution in [1.29, 1.82) is 0 Å². The van der Waals surface area contributed by atoms with E-state index in [1.54, 1.807) is 31.4 Å². The van der Waals surface area contributed by atoms with Gasteiger partial charge in [0.2, 0.25) is 0 Å². The molecule has 5 aromatic rings. The fourth-order valence-corrected chi connectivity index (χ4v) is 6.81. The highest BCUT2D eigenvalue weighted by molar-refractivity contribution is 7.07. The molecule has 6 nitrogen and oxygen atoms in total. The van der Waals surface area contributed by atoms with Crippen LogP contribution in [0.5, 0.6) is 0 Å². The molecule has 0 N–H and O–H groups in total. The van der Waals surface area contributed by atoms with Gasteiger partial charge in [0.15, 0.2) is 4.80 Å². The van der Waals surface area contributed by atoms with Crippen LogP contribution in [0.4, 0.5) is 0 Å². The molecule has 2 aromatic heterocycles. The van der Waals surface area contributed by atoms with Gasteiger partial charge in [-0.1, -0.05) is 89.1 Å². The smallest absolute Gasteiger partial charge is 0.338 e. The van der Waals surface area contributed by atoms with Crippen LogP contribution in [0.3, 0.4) is 0 Å². The lowest BCUT2D eigenvalue weighted by Gasteiger charge is -2.25. The van der Waals surface area contributed by atoms with Crippen LogP contribution in [0.1, 0.15) is 43.5 Å². The molecule has 0 saturated heterocycles. The lowest BCUT2D eigenvalue weighted by atomic mass is 9.96. The van der Waals surface area contributed by atoms with E-state index in [1.165, 1.54) is 11.3 Å². The molecule has 0 fully saturated rings. The minimum absolute atomic E-state index is 0.215. The number of carbonyl (C=O) groups is 1. The molecule has 6 rings (SSSR count). The minimum atomic E-state index is -0.649. The quantitative estimate of drug-likeness (QED) is 0.205. The molecule has 0 bridgehead atoms. The summed E-state index contributed by atoms with van der Waals surface area (Å²) in [7, 11) is 0. The molecule has 3 heterocycles. The maximum absolute atomic E-state index is 14.1. The van der Waals surface area contributed by atoms with Crippen molar-refractivity contribution in [3.05, 3.63) is 137 Å². The first-order valence-corrected chi connectivity index (χ1v) is 15.1. The van der Waals surface area contributed by atoms with Crippen LogP contribution in [0, 0.1) is 0 Å². The molecule has 0 spiro atoms. The van der Waals surface area contributed by atoms with Crippen LogP contribution in [-0.2, 0) is 16.1 Å². The van der Waals surface area contributed by atoms with E-state index in [-0.39, 0.29) is 11.7 Å². The van der Waals surface area contributed by atoms with Gasteiger partial charge in [0.25, 0.3) is 5.56 Å². The van der Waals surface area contributed by atoms with Crippen molar-refractivity contribution in [3.63, 3.8) is 0 Å². The SMILES string of the molecule is CC1=C(C(=O)OC(C)C)C(c2ccccc2)n2c(sc(=Cc3cn(Cc4ccc(Cl)cc4Cl)c4ccccc34)c2=O)=N1. The number of thiazole rings is 1. The molecule has 1 unspecified atom stereocenters. The van der Waals surface area contributed by atoms with Crippen LogP contribution in [-0.4, -0.2) is 21.2 Å². The summed E-state index contributed by atoms with van der Waals surface area (Å²) in [5.74, 6) is -0.474. The molecule has 1 atom stereocenters. The Balaban J connectivity index is 1.50. The predicted octanol–water partition coefficient (Wildman–Crippen LogP) is 6.50. The van der Waals surface area contributed by atoms with Crippen LogP contribution in [0.15, 0.2) is 100 Å². The van der Waals surface area contributed by atoms with Crippen LogP contribution in [0.2, 0.25) is 10.0 Å². The Morgan fingerprint density at radius 1 is 1.07 bits per heavy atom. The van der Waals surface area contributed by atoms with Crippen LogP contribution < -0.4 is 14.9 Å². The Kier molecular flexibility index (Phi) is 7.66. The van der Waals surface area contributed by atoms with Crippen molar-refractivity contribution in [1.82, 2.24) is 9.13 Å². The number of hydrogen-bond donors (Lipinski definition) is 0. The number of aromatic nitrogens is 2. The maximum atomic E-state index is 14.1. The molecule has 3 aromatic carbocycles. The number of fused-ring (bicyclic) bond motifs is 2. The van der Waals surface area contributed by atoms with Crippen LogP contribution >= 0.6 is 34.5 Å². The monoisotopic (exact) mass is 615 g/mol. The highest BCUT2D eigenvalue weighted by Crippen LogP contribution is 2.31. The summed E-state index contributed by atoms with van der Waals surface area (Å²) in [5, 5.41) is 2.19. The van der Waals surface area contributed by atoms with Crippen molar-refractivity contribution in [2.75, 3.05) is 0 Å². The molecule has 1 aliphatic rings. The number of allylic oxidation sites excluding steroid dienone is 1. The summed E-state index contributed by atoms with van der Waals surface area (Å²) < 4.78 is 9.84. The van der Waals surface area contributed by atoms with E-state index in [0.29, 0.717) is 37.2 Å². The molecule has 0 amide bonds. The largest absolute Gasteiger partial charge is 0.459 e. The Bertz CT molecular complexity index is 2060. The average molecular weight is 617 g/mol. The van der Waals surface area contributed by atoms with Gasteiger partial charge < -0.3 is 9.30 Å². The van der Waals surface area contributed by atoms with Gasteiger partial charge in [-0.2, -0.15) is 0 Å². The minimum Gasteiger partial charge on any atom is -0.459 e. The first-order chi connectivity index (χ1) is 20.2. The fraction of sp³-hybridized carbons (Fsp3) is 0.182. The third-order valence-corrected chi connectivity index (χ3v) is 8.73. The standard InChI is InChI=1S/C33H27Cl2N3O3S/c1-19(2)41-32(40)29-20(3)36-33-38(30(29)21-9-5-4-6-10-21)31(39)28(42-33)15-23-18-37(27-12-8-7-11-25(23)27)17-22-13-14-24(34)16-26(22)35/h4-16,18-19,30H,17H2,1-3H3. The maximum Gasteiger partial charge on any atom is 0.338 e. The number of hydrogen-bond acceptors (Lipinski definition) is 5. The van der Waals surface area contributed by atoms with Crippen LogP contribution in [0.25, 0.3) is 17.0 Å². The third-order valence-electron chi connectivity index (χ3n) is 7.16. The number of carbonyl (C=O) groups excluding carboxylic acids is 1. The second-order valence-corrected chi connectivity index (χ2v) is 12.3. The van der Waals surface area contributed by atoms with Crippen molar-refractivity contribution < 1.29 is 9.53 Å². The van der Waals surface area contributed by atoms with Gasteiger partial charge in [-0.15, -0.1) is 0 Å². The summed E-state index contributed by atoms with van der Waals surface area (Å²) in [6.07, 6.45) is 3.62. The molecule has 1 aliphatic heterocycles. The van der Waals surface area contributed by atoms with E-state index in [4.69, 9.17) is 32.9 Å². The number of benzene rings is 3. The first kappa shape index (κ1) is 28.2. The number of para-hydroxylation sites is 1. The molecular formula is C33H27Cl2N3O3S. The van der Waals surface area contributed by atoms with Gasteiger partial charge in [0, 0.05) is 39.3 Å². The highest BCUT2D eigenvalue weighted by atomic mass is 35.5. The van der Waals surface area contributed by atoms with Gasteiger partial charge in [-0.05, 0) is 56.2 Å². The summed E-state index contributed by atoms with van der Waals surface area (Å²) in [6.45, 7) is 5.94. The lowest BCUT2D eigenvalue weighted by molar-refractivity contribution is -0.143. The van der Waals surface area contributed by atoms with Gasteiger partial charge in [0.1, 0.15) is 0 Å². The molecule has 0 radical (unpaired) electrons. The van der Waals surface area contributed by atoms with Crippen molar-refractivity contribution in [2.45, 2.75) is 39.5 Å². The van der Waals surface area contributed by atoms with Crippen molar-refractivity contribution >= 4 is 57.5 Å². The number of rotatable bonds is 6. The second-order valence-electron chi connectivity index (χ2n) is 10.4. The summed E-state index contributed by atoms with van der Waals surface area (Å²) in [5.41, 5.74) is 4.35. The number of esters is 1. The summed E-state index contributed by atoms with van der Waals surface area (Å²) >= 11 is 13.9. The molecule has 9 heteroatoms. The Hall–Kier alpha value is -3.91. The number of nitrogens with zero attached hydrogens (tertiary/aromatic N) is 3. The van der Waals surface area contributed by atoms with Gasteiger partial charge in [-0.25, -0.2) is 9.79 Å². The normalized spacial score (nSPS) is 15.3. The van der Waals surface area contributed by atoms with Crippen molar-refractivity contribution in [3.8, 4) is 0 Å². The summed E-state index contributed by atoms with van der Waals surface area (Å²) in [4.78, 5) is 32.6. The second kappa shape index (κ2) is 11.4. The first-order valence-electron chi connectivity index (χ1n) is 13.5. The average Bonchev–Trinajstić information content (AvgIpc) is 3.46. The highest BCUT2D eigenvalue weighted by Gasteiger charge is 2.33. The number of ether oxygens (including phenoxy) is 1. The molecule has 0 saturated carbocycles. The van der Waals surface area contributed by atoms with Gasteiger partial charge in [0.05, 0.1) is 27.9 Å².